The third-order valence-corrected chi connectivity index (χ3v) is 4.38. The summed E-state index contributed by atoms with van der Waals surface area (Å²) in [5, 5.41) is 2.85. The Morgan fingerprint density at radius 2 is 2.04 bits per heavy atom. The molecule has 1 aliphatic heterocycles. The number of carbonyl (C=O) groups excluding carboxylic acids is 2. The molecule has 0 radical (unpaired) electrons. The Balaban J connectivity index is 1.69. The van der Waals surface area contributed by atoms with E-state index in [-0.39, 0.29) is 30.1 Å². The van der Waals surface area contributed by atoms with Crippen molar-refractivity contribution in [2.75, 3.05) is 32.8 Å². The van der Waals surface area contributed by atoms with Gasteiger partial charge in [0.05, 0.1) is 19.1 Å². The van der Waals surface area contributed by atoms with Gasteiger partial charge in [0.1, 0.15) is 5.75 Å². The lowest BCUT2D eigenvalue weighted by atomic mass is 9.98. The molecule has 0 spiro atoms. The summed E-state index contributed by atoms with van der Waals surface area (Å²) in [7, 11) is 0. The number of hydrogen-bond donors (Lipinski definition) is 1. The fourth-order valence-electron chi connectivity index (χ4n) is 3.09. The van der Waals surface area contributed by atoms with Crippen molar-refractivity contribution in [2.24, 2.45) is 5.92 Å². The number of amides is 1. The lowest BCUT2D eigenvalue weighted by Crippen LogP contribution is -2.44. The minimum atomic E-state index is -2.84. The molecule has 150 valence electrons. The SMILES string of the molecule is CCOC(=O)[C@@H]1CCCN(CC(=O)NCCc2ccc(OC(F)F)cc2)C1. The highest BCUT2D eigenvalue weighted by molar-refractivity contribution is 5.78. The maximum atomic E-state index is 12.1. The van der Waals surface area contributed by atoms with Crippen LogP contribution in [0.4, 0.5) is 8.78 Å². The Morgan fingerprint density at radius 1 is 1.30 bits per heavy atom. The zero-order valence-electron chi connectivity index (χ0n) is 15.5. The van der Waals surface area contributed by atoms with E-state index in [1.54, 1.807) is 19.1 Å². The molecule has 1 heterocycles. The first kappa shape index (κ1) is 21.1. The van der Waals surface area contributed by atoms with Crippen molar-refractivity contribution >= 4 is 11.9 Å². The van der Waals surface area contributed by atoms with Crippen molar-refractivity contribution in [1.29, 1.82) is 0 Å². The number of hydrogen-bond acceptors (Lipinski definition) is 5. The van der Waals surface area contributed by atoms with Crippen molar-refractivity contribution in [2.45, 2.75) is 32.8 Å². The Kier molecular flexibility index (Phi) is 8.44. The highest BCUT2D eigenvalue weighted by Crippen LogP contribution is 2.18. The molecule has 1 fully saturated rings. The maximum absolute atomic E-state index is 12.1. The van der Waals surface area contributed by atoms with Crippen LogP contribution in [0.3, 0.4) is 0 Å². The van der Waals surface area contributed by atoms with Crippen molar-refractivity contribution in [1.82, 2.24) is 10.2 Å². The second kappa shape index (κ2) is 10.8. The summed E-state index contributed by atoms with van der Waals surface area (Å²) >= 11 is 0. The highest BCUT2D eigenvalue weighted by Gasteiger charge is 2.27. The van der Waals surface area contributed by atoms with E-state index in [0.29, 0.717) is 26.1 Å². The Labute approximate surface area is 157 Å². The maximum Gasteiger partial charge on any atom is 0.387 e. The largest absolute Gasteiger partial charge is 0.466 e. The number of rotatable bonds is 9. The molecule has 0 aliphatic carbocycles. The van der Waals surface area contributed by atoms with Crippen LogP contribution in [-0.4, -0.2) is 56.2 Å². The second-order valence-corrected chi connectivity index (χ2v) is 6.45. The van der Waals surface area contributed by atoms with Crippen LogP contribution in [0.1, 0.15) is 25.3 Å². The van der Waals surface area contributed by atoms with Crippen LogP contribution in [0.2, 0.25) is 0 Å². The quantitative estimate of drug-likeness (QED) is 0.662. The Hall–Kier alpha value is -2.22. The zero-order valence-corrected chi connectivity index (χ0v) is 15.5. The molecule has 1 amide bonds. The molecule has 8 heteroatoms. The van der Waals surface area contributed by atoms with Crippen LogP contribution >= 0.6 is 0 Å². The number of halogens is 2. The van der Waals surface area contributed by atoms with Gasteiger partial charge in [-0.2, -0.15) is 8.78 Å². The average Bonchev–Trinajstić information content (AvgIpc) is 2.63. The third-order valence-electron chi connectivity index (χ3n) is 4.38. The van der Waals surface area contributed by atoms with E-state index in [0.717, 1.165) is 24.9 Å². The van der Waals surface area contributed by atoms with E-state index in [1.807, 2.05) is 4.90 Å². The number of carbonyl (C=O) groups is 2. The first-order valence-corrected chi connectivity index (χ1v) is 9.17. The number of alkyl halides is 2. The molecule has 1 aromatic carbocycles. The van der Waals surface area contributed by atoms with Gasteiger partial charge in [-0.15, -0.1) is 0 Å². The molecule has 6 nitrogen and oxygen atoms in total. The lowest BCUT2D eigenvalue weighted by molar-refractivity contribution is -0.150. The number of esters is 1. The van der Waals surface area contributed by atoms with Crippen LogP contribution in [0.15, 0.2) is 24.3 Å². The van der Waals surface area contributed by atoms with Gasteiger partial charge in [-0.05, 0) is 50.4 Å². The van der Waals surface area contributed by atoms with Gasteiger partial charge in [0, 0.05) is 13.1 Å². The summed E-state index contributed by atoms with van der Waals surface area (Å²) in [6.45, 7) is 1.33. The van der Waals surface area contributed by atoms with E-state index in [1.165, 1.54) is 12.1 Å². The number of piperidine rings is 1. The number of benzene rings is 1. The molecule has 0 unspecified atom stereocenters. The Morgan fingerprint density at radius 3 is 2.70 bits per heavy atom. The standard InChI is InChI=1S/C19H26F2N2O4/c1-2-26-18(25)15-4-3-11-23(12-15)13-17(24)22-10-9-14-5-7-16(8-6-14)27-19(20)21/h5-8,15,19H,2-4,9-13H2,1H3,(H,22,24)/t15-/m1/s1. The van der Waals surface area contributed by atoms with E-state index in [9.17, 15) is 18.4 Å². The summed E-state index contributed by atoms with van der Waals surface area (Å²) in [5.74, 6) is -0.349. The molecule has 2 rings (SSSR count). The normalized spacial score (nSPS) is 17.6. The number of ether oxygens (including phenoxy) is 2. The molecule has 1 atom stereocenters. The van der Waals surface area contributed by atoms with Gasteiger partial charge in [-0.3, -0.25) is 14.5 Å². The molecule has 0 bridgehead atoms. The summed E-state index contributed by atoms with van der Waals surface area (Å²) in [4.78, 5) is 25.9. The minimum absolute atomic E-state index is 0.0998. The van der Waals surface area contributed by atoms with Gasteiger partial charge in [0.2, 0.25) is 5.91 Å². The first-order chi connectivity index (χ1) is 13.0. The topological polar surface area (TPSA) is 67.9 Å². The minimum Gasteiger partial charge on any atom is -0.466 e. The molecule has 1 aromatic rings. The molecule has 0 aromatic heterocycles. The van der Waals surface area contributed by atoms with Crippen molar-refractivity contribution in [3.05, 3.63) is 29.8 Å². The molecular formula is C19H26F2N2O4. The predicted molar refractivity (Wildman–Crippen MR) is 95.6 cm³/mol. The summed E-state index contributed by atoms with van der Waals surface area (Å²) in [5.41, 5.74) is 0.914. The number of nitrogens with one attached hydrogen (secondary N) is 1. The smallest absolute Gasteiger partial charge is 0.387 e. The van der Waals surface area contributed by atoms with Crippen LogP contribution in [0.25, 0.3) is 0 Å². The van der Waals surface area contributed by atoms with E-state index in [2.05, 4.69) is 10.1 Å². The van der Waals surface area contributed by atoms with E-state index < -0.39 is 6.61 Å². The van der Waals surface area contributed by atoms with Crippen LogP contribution < -0.4 is 10.1 Å². The van der Waals surface area contributed by atoms with Gasteiger partial charge in [0.15, 0.2) is 0 Å². The van der Waals surface area contributed by atoms with Crippen LogP contribution in [0, 0.1) is 5.92 Å². The van der Waals surface area contributed by atoms with Gasteiger partial charge in [-0.1, -0.05) is 12.1 Å². The van der Waals surface area contributed by atoms with Crippen molar-refractivity contribution < 1.29 is 27.8 Å². The first-order valence-electron chi connectivity index (χ1n) is 9.17. The molecule has 27 heavy (non-hydrogen) atoms. The second-order valence-electron chi connectivity index (χ2n) is 6.45. The van der Waals surface area contributed by atoms with Gasteiger partial charge in [0.25, 0.3) is 0 Å². The fraction of sp³-hybridized carbons (Fsp3) is 0.579. The third kappa shape index (κ3) is 7.50. The number of likely N-dealkylation sites (tertiary alicyclic amines) is 1. The van der Waals surface area contributed by atoms with Gasteiger partial charge >= 0.3 is 12.6 Å². The summed E-state index contributed by atoms with van der Waals surface area (Å²) in [6, 6.07) is 6.34. The van der Waals surface area contributed by atoms with Crippen molar-refractivity contribution in [3.8, 4) is 5.75 Å². The van der Waals surface area contributed by atoms with Crippen molar-refractivity contribution in [3.63, 3.8) is 0 Å². The fourth-order valence-corrected chi connectivity index (χ4v) is 3.09. The van der Waals surface area contributed by atoms with Crippen LogP contribution in [-0.2, 0) is 20.7 Å². The predicted octanol–water partition coefficient (Wildman–Crippen LogP) is 2.22. The molecule has 1 N–H and O–H groups in total. The lowest BCUT2D eigenvalue weighted by Gasteiger charge is -2.30. The number of nitrogens with zero attached hydrogens (tertiary/aromatic N) is 1. The molecule has 1 aliphatic rings. The monoisotopic (exact) mass is 384 g/mol. The summed E-state index contributed by atoms with van der Waals surface area (Å²) < 4.78 is 33.6. The van der Waals surface area contributed by atoms with Gasteiger partial charge in [-0.25, -0.2) is 0 Å². The average molecular weight is 384 g/mol. The van der Waals surface area contributed by atoms with Gasteiger partial charge < -0.3 is 14.8 Å². The summed E-state index contributed by atoms with van der Waals surface area (Å²) in [6.07, 6.45) is 2.25. The zero-order chi connectivity index (χ0) is 19.6. The highest BCUT2D eigenvalue weighted by atomic mass is 19.3. The Bertz CT molecular complexity index is 610. The van der Waals surface area contributed by atoms with E-state index >= 15 is 0 Å². The van der Waals surface area contributed by atoms with Crippen LogP contribution in [0.5, 0.6) is 5.75 Å². The molecule has 0 saturated carbocycles. The molecular weight excluding hydrogens is 358 g/mol. The van der Waals surface area contributed by atoms with E-state index in [4.69, 9.17) is 4.74 Å². The molecule has 1 saturated heterocycles.